The number of carbonyl (C=O) groups excluding carboxylic acids is 2. The molecule has 0 unspecified atom stereocenters. The topological polar surface area (TPSA) is 73.9 Å². The van der Waals surface area contributed by atoms with Gasteiger partial charge < -0.3 is 19.5 Å². The molecule has 1 atom stereocenters. The van der Waals surface area contributed by atoms with E-state index in [1.807, 2.05) is 20.8 Å². The van der Waals surface area contributed by atoms with Crippen molar-refractivity contribution in [3.63, 3.8) is 0 Å². The summed E-state index contributed by atoms with van der Waals surface area (Å²) in [6, 6.07) is 4.95. The largest absolute Gasteiger partial charge is 0.490 e. The number of hydrogen-bond donors (Lipinski definition) is 1. The number of benzene rings is 1. The van der Waals surface area contributed by atoms with Crippen LogP contribution in [-0.2, 0) is 14.3 Å². The van der Waals surface area contributed by atoms with Gasteiger partial charge in [-0.15, -0.1) is 0 Å². The van der Waals surface area contributed by atoms with Gasteiger partial charge in [0.15, 0.2) is 0 Å². The van der Waals surface area contributed by atoms with Crippen molar-refractivity contribution in [2.45, 2.75) is 66.1 Å². The number of hydrogen-bond acceptors (Lipinski definition) is 5. The highest BCUT2D eigenvalue weighted by Crippen LogP contribution is 2.26. The van der Waals surface area contributed by atoms with Gasteiger partial charge in [-0.25, -0.2) is 4.79 Å². The molecule has 0 aliphatic heterocycles. The van der Waals surface area contributed by atoms with E-state index in [-0.39, 0.29) is 24.2 Å². The third-order valence-electron chi connectivity index (χ3n) is 3.85. The Kier molecular flexibility index (Phi) is 8.58. The summed E-state index contributed by atoms with van der Waals surface area (Å²) in [6.07, 6.45) is 1.60. The monoisotopic (exact) mass is 365 g/mol. The third-order valence-corrected chi connectivity index (χ3v) is 3.85. The minimum atomic E-state index is -0.966. The number of amides is 1. The molecule has 26 heavy (non-hydrogen) atoms. The van der Waals surface area contributed by atoms with E-state index in [0.717, 1.165) is 12.8 Å². The molecule has 0 aliphatic rings. The first-order valence-electron chi connectivity index (χ1n) is 9.18. The van der Waals surface area contributed by atoms with Crippen molar-refractivity contribution in [3.05, 3.63) is 23.8 Å². The summed E-state index contributed by atoms with van der Waals surface area (Å²) in [5.74, 6) is -0.322. The van der Waals surface area contributed by atoms with Gasteiger partial charge in [-0.05, 0) is 58.7 Å². The van der Waals surface area contributed by atoms with Gasteiger partial charge in [0.25, 0.3) is 5.91 Å². The standard InChI is InChI=1S/C20H31NO5/c1-7-12-25-20(5,6)19(23)21-15-10-11-17(26-14(4)8-2)16(13-15)18(22)24-9-3/h10-11,13-14H,7-9,12H2,1-6H3,(H,21,23)/t14-/m0/s1. The van der Waals surface area contributed by atoms with Gasteiger partial charge in [-0.1, -0.05) is 13.8 Å². The van der Waals surface area contributed by atoms with E-state index in [4.69, 9.17) is 14.2 Å². The number of anilines is 1. The van der Waals surface area contributed by atoms with E-state index in [9.17, 15) is 9.59 Å². The highest BCUT2D eigenvalue weighted by molar-refractivity contribution is 5.99. The number of esters is 1. The van der Waals surface area contributed by atoms with Crippen molar-refractivity contribution in [2.75, 3.05) is 18.5 Å². The molecule has 0 fully saturated rings. The molecule has 6 nitrogen and oxygen atoms in total. The molecule has 0 heterocycles. The Labute approximate surface area is 156 Å². The van der Waals surface area contributed by atoms with Gasteiger partial charge >= 0.3 is 5.97 Å². The zero-order chi connectivity index (χ0) is 19.7. The smallest absolute Gasteiger partial charge is 0.341 e. The predicted molar refractivity (Wildman–Crippen MR) is 102 cm³/mol. The van der Waals surface area contributed by atoms with Crippen LogP contribution < -0.4 is 10.1 Å². The van der Waals surface area contributed by atoms with Crippen LogP contribution in [0.1, 0.15) is 64.7 Å². The second-order valence-corrected chi connectivity index (χ2v) is 6.58. The molecule has 0 saturated carbocycles. The van der Waals surface area contributed by atoms with E-state index in [1.54, 1.807) is 39.0 Å². The highest BCUT2D eigenvalue weighted by Gasteiger charge is 2.28. The Hall–Kier alpha value is -2.08. The molecule has 146 valence electrons. The molecule has 0 aliphatic carbocycles. The summed E-state index contributed by atoms with van der Waals surface area (Å²) in [7, 11) is 0. The van der Waals surface area contributed by atoms with Crippen LogP contribution in [0.5, 0.6) is 5.75 Å². The number of carbonyl (C=O) groups is 2. The summed E-state index contributed by atoms with van der Waals surface area (Å²) in [6.45, 7) is 11.8. The minimum absolute atomic E-state index is 0.0370. The molecule has 0 saturated heterocycles. The maximum Gasteiger partial charge on any atom is 0.341 e. The molecule has 0 aromatic heterocycles. The Morgan fingerprint density at radius 3 is 2.46 bits per heavy atom. The van der Waals surface area contributed by atoms with Gasteiger partial charge in [0.2, 0.25) is 0 Å². The average Bonchev–Trinajstić information content (AvgIpc) is 2.61. The minimum Gasteiger partial charge on any atom is -0.490 e. The zero-order valence-corrected chi connectivity index (χ0v) is 16.7. The van der Waals surface area contributed by atoms with Crippen molar-refractivity contribution >= 4 is 17.6 Å². The maximum atomic E-state index is 12.5. The van der Waals surface area contributed by atoms with Crippen molar-refractivity contribution in [1.82, 2.24) is 0 Å². The molecule has 1 aromatic carbocycles. The van der Waals surface area contributed by atoms with E-state index in [2.05, 4.69) is 5.32 Å². The Morgan fingerprint density at radius 2 is 1.88 bits per heavy atom. The lowest BCUT2D eigenvalue weighted by molar-refractivity contribution is -0.137. The Bertz CT molecular complexity index is 612. The molecule has 6 heteroatoms. The summed E-state index contributed by atoms with van der Waals surface area (Å²) in [5, 5.41) is 2.80. The van der Waals surface area contributed by atoms with E-state index >= 15 is 0 Å². The molecule has 0 spiro atoms. The molecule has 0 bridgehead atoms. The molecular weight excluding hydrogens is 334 g/mol. The van der Waals surface area contributed by atoms with Gasteiger partial charge in [-0.2, -0.15) is 0 Å². The van der Waals surface area contributed by atoms with Crippen LogP contribution >= 0.6 is 0 Å². The third kappa shape index (κ3) is 6.33. The van der Waals surface area contributed by atoms with E-state index in [0.29, 0.717) is 18.0 Å². The van der Waals surface area contributed by atoms with Gasteiger partial charge in [-0.3, -0.25) is 4.79 Å². The van der Waals surface area contributed by atoms with Crippen LogP contribution in [0.2, 0.25) is 0 Å². The molecule has 1 aromatic rings. The molecule has 1 amide bonds. The molecular formula is C20H31NO5. The average molecular weight is 365 g/mol. The van der Waals surface area contributed by atoms with Crippen LogP contribution in [0.3, 0.4) is 0 Å². The van der Waals surface area contributed by atoms with Crippen LogP contribution in [0.25, 0.3) is 0 Å². The zero-order valence-electron chi connectivity index (χ0n) is 16.7. The lowest BCUT2D eigenvalue weighted by Gasteiger charge is -2.24. The normalized spacial score (nSPS) is 12.4. The summed E-state index contributed by atoms with van der Waals surface area (Å²) in [4.78, 5) is 24.7. The second-order valence-electron chi connectivity index (χ2n) is 6.58. The van der Waals surface area contributed by atoms with Crippen LogP contribution in [0, 0.1) is 0 Å². The summed E-state index contributed by atoms with van der Waals surface area (Å²) >= 11 is 0. The van der Waals surface area contributed by atoms with E-state index < -0.39 is 11.6 Å². The lowest BCUT2D eigenvalue weighted by atomic mass is 10.1. The van der Waals surface area contributed by atoms with E-state index in [1.165, 1.54) is 0 Å². The number of ether oxygens (including phenoxy) is 3. The van der Waals surface area contributed by atoms with Crippen molar-refractivity contribution in [1.29, 1.82) is 0 Å². The number of nitrogens with one attached hydrogen (secondary N) is 1. The number of rotatable bonds is 10. The SMILES string of the molecule is CCCOC(C)(C)C(=O)Nc1ccc(O[C@@H](C)CC)c(C(=O)OCC)c1. The van der Waals surface area contributed by atoms with Crippen molar-refractivity contribution in [3.8, 4) is 5.75 Å². The first-order chi connectivity index (χ1) is 12.2. The first-order valence-corrected chi connectivity index (χ1v) is 9.18. The fourth-order valence-electron chi connectivity index (χ4n) is 2.08. The van der Waals surface area contributed by atoms with Crippen LogP contribution in [0.4, 0.5) is 5.69 Å². The molecule has 0 radical (unpaired) electrons. The Morgan fingerprint density at radius 1 is 1.19 bits per heavy atom. The maximum absolute atomic E-state index is 12.5. The highest BCUT2D eigenvalue weighted by atomic mass is 16.5. The summed E-state index contributed by atoms with van der Waals surface area (Å²) < 4.78 is 16.5. The Balaban J connectivity index is 3.04. The molecule has 1 N–H and O–H groups in total. The quantitative estimate of drug-likeness (QED) is 0.630. The summed E-state index contributed by atoms with van der Waals surface area (Å²) in [5.41, 5.74) is -0.189. The van der Waals surface area contributed by atoms with Gasteiger partial charge in [0, 0.05) is 12.3 Å². The lowest BCUT2D eigenvalue weighted by Crippen LogP contribution is -2.40. The fraction of sp³-hybridized carbons (Fsp3) is 0.600. The van der Waals surface area contributed by atoms with Gasteiger partial charge in [0.05, 0.1) is 12.7 Å². The van der Waals surface area contributed by atoms with Crippen LogP contribution in [-0.4, -0.2) is 36.8 Å². The second kappa shape index (κ2) is 10.2. The molecule has 1 rings (SSSR count). The fourth-order valence-corrected chi connectivity index (χ4v) is 2.08. The predicted octanol–water partition coefficient (Wildman–Crippen LogP) is 4.18. The van der Waals surface area contributed by atoms with Crippen molar-refractivity contribution < 1.29 is 23.8 Å². The van der Waals surface area contributed by atoms with Crippen LogP contribution in [0.15, 0.2) is 18.2 Å². The first kappa shape index (κ1) is 22.0. The van der Waals surface area contributed by atoms with Crippen molar-refractivity contribution in [2.24, 2.45) is 0 Å². The van der Waals surface area contributed by atoms with Gasteiger partial charge in [0.1, 0.15) is 16.9 Å².